The van der Waals surface area contributed by atoms with Gasteiger partial charge in [-0.3, -0.25) is 4.79 Å². The molecule has 0 aliphatic carbocycles. The number of aromatic nitrogens is 1. The van der Waals surface area contributed by atoms with E-state index in [4.69, 9.17) is 4.42 Å². The molecule has 0 spiro atoms. The molecule has 2 heterocycles. The Morgan fingerprint density at radius 2 is 1.92 bits per heavy atom. The highest BCUT2D eigenvalue weighted by atomic mass is 16.3. The zero-order valence-corrected chi connectivity index (χ0v) is 13.6. The number of carbonyl (C=O) groups excluding carboxylic acids is 1. The Kier molecular flexibility index (Phi) is 3.69. The first-order valence-electron chi connectivity index (χ1n) is 8.15. The van der Waals surface area contributed by atoms with Crippen LogP contribution in [-0.2, 0) is 0 Å². The summed E-state index contributed by atoms with van der Waals surface area (Å²) in [7, 11) is 0. The second-order valence-electron chi connectivity index (χ2n) is 6.15. The topological polar surface area (TPSA) is 49.6 Å². The van der Waals surface area contributed by atoms with Gasteiger partial charge in [-0.25, -0.2) is 4.98 Å². The summed E-state index contributed by atoms with van der Waals surface area (Å²) in [6.45, 7) is 5.25. The Hall–Kier alpha value is -2.82. The standard InChI is InChI=1S/C19H19N3O2/c1-14-3-2-4-16(11-14)21-7-9-22(10-8-21)19(23)15-5-6-18-17(12-15)20-13-24-18/h2-6,11-13H,7-10H2,1H3. The smallest absolute Gasteiger partial charge is 0.254 e. The van der Waals surface area contributed by atoms with Crippen molar-refractivity contribution in [2.75, 3.05) is 31.1 Å². The molecule has 1 fully saturated rings. The molecule has 5 heteroatoms. The first-order chi connectivity index (χ1) is 11.7. The number of oxazole rings is 1. The van der Waals surface area contributed by atoms with Gasteiger partial charge in [-0.15, -0.1) is 0 Å². The van der Waals surface area contributed by atoms with Crippen LogP contribution in [0.25, 0.3) is 11.1 Å². The summed E-state index contributed by atoms with van der Waals surface area (Å²) in [6.07, 6.45) is 1.40. The molecular weight excluding hydrogens is 302 g/mol. The van der Waals surface area contributed by atoms with Gasteiger partial charge in [0.2, 0.25) is 0 Å². The van der Waals surface area contributed by atoms with Gasteiger partial charge in [0, 0.05) is 37.4 Å². The first-order valence-corrected chi connectivity index (χ1v) is 8.15. The Bertz CT molecular complexity index is 879. The van der Waals surface area contributed by atoms with E-state index in [0.717, 1.165) is 31.7 Å². The van der Waals surface area contributed by atoms with Crippen LogP contribution in [0.1, 0.15) is 15.9 Å². The number of carbonyl (C=O) groups is 1. The zero-order chi connectivity index (χ0) is 16.5. The molecule has 3 aromatic rings. The van der Waals surface area contributed by atoms with Crippen LogP contribution in [0.4, 0.5) is 5.69 Å². The molecule has 1 saturated heterocycles. The van der Waals surface area contributed by atoms with Crippen molar-refractivity contribution < 1.29 is 9.21 Å². The molecule has 122 valence electrons. The van der Waals surface area contributed by atoms with Gasteiger partial charge in [0.05, 0.1) is 0 Å². The average molecular weight is 321 g/mol. The third kappa shape index (κ3) is 2.73. The normalized spacial score (nSPS) is 15.0. The van der Waals surface area contributed by atoms with Crippen LogP contribution in [0.2, 0.25) is 0 Å². The maximum Gasteiger partial charge on any atom is 0.254 e. The van der Waals surface area contributed by atoms with Gasteiger partial charge in [-0.05, 0) is 42.8 Å². The molecule has 1 aromatic heterocycles. The summed E-state index contributed by atoms with van der Waals surface area (Å²) in [5.41, 5.74) is 4.58. The fourth-order valence-corrected chi connectivity index (χ4v) is 3.17. The van der Waals surface area contributed by atoms with E-state index in [0.29, 0.717) is 11.1 Å². The Morgan fingerprint density at radius 3 is 2.71 bits per heavy atom. The number of aryl methyl sites for hydroxylation is 1. The molecule has 1 aliphatic heterocycles. The molecule has 5 nitrogen and oxygen atoms in total. The van der Waals surface area contributed by atoms with Gasteiger partial charge in [0.15, 0.2) is 12.0 Å². The van der Waals surface area contributed by atoms with Crippen molar-refractivity contribution in [1.82, 2.24) is 9.88 Å². The minimum atomic E-state index is 0.0591. The molecule has 0 atom stereocenters. The minimum Gasteiger partial charge on any atom is -0.443 e. The molecule has 0 radical (unpaired) electrons. The van der Waals surface area contributed by atoms with Crippen LogP contribution in [-0.4, -0.2) is 42.0 Å². The number of hydrogen-bond donors (Lipinski definition) is 0. The highest BCUT2D eigenvalue weighted by Crippen LogP contribution is 2.20. The SMILES string of the molecule is Cc1cccc(N2CCN(C(=O)c3ccc4ocnc4c3)CC2)c1. The predicted octanol–water partition coefficient (Wildman–Crippen LogP) is 3.10. The van der Waals surface area contributed by atoms with Crippen LogP contribution in [0, 0.1) is 6.92 Å². The third-order valence-corrected chi connectivity index (χ3v) is 4.51. The highest BCUT2D eigenvalue weighted by molar-refractivity contribution is 5.97. The maximum atomic E-state index is 12.7. The zero-order valence-electron chi connectivity index (χ0n) is 13.6. The molecule has 2 aromatic carbocycles. The van der Waals surface area contributed by atoms with Gasteiger partial charge >= 0.3 is 0 Å². The fourth-order valence-electron chi connectivity index (χ4n) is 3.17. The van der Waals surface area contributed by atoms with E-state index < -0.39 is 0 Å². The average Bonchev–Trinajstić information content (AvgIpc) is 3.09. The molecule has 1 aliphatic rings. The molecule has 4 rings (SSSR count). The van der Waals surface area contributed by atoms with E-state index in [2.05, 4.69) is 41.1 Å². The largest absolute Gasteiger partial charge is 0.443 e. The lowest BCUT2D eigenvalue weighted by Crippen LogP contribution is -2.48. The summed E-state index contributed by atoms with van der Waals surface area (Å²) in [5, 5.41) is 0. The molecule has 0 unspecified atom stereocenters. The number of anilines is 1. The molecular formula is C19H19N3O2. The molecule has 0 saturated carbocycles. The van der Waals surface area contributed by atoms with Gasteiger partial charge in [0.25, 0.3) is 5.91 Å². The lowest BCUT2D eigenvalue weighted by Gasteiger charge is -2.36. The molecule has 24 heavy (non-hydrogen) atoms. The Balaban J connectivity index is 1.46. The van der Waals surface area contributed by atoms with E-state index in [1.807, 2.05) is 11.0 Å². The van der Waals surface area contributed by atoms with Crippen molar-refractivity contribution in [3.8, 4) is 0 Å². The Morgan fingerprint density at radius 1 is 1.08 bits per heavy atom. The predicted molar refractivity (Wildman–Crippen MR) is 93.3 cm³/mol. The van der Waals surface area contributed by atoms with Crippen LogP contribution in [0.3, 0.4) is 0 Å². The number of fused-ring (bicyclic) bond motifs is 1. The van der Waals surface area contributed by atoms with Crippen molar-refractivity contribution in [2.45, 2.75) is 6.92 Å². The number of rotatable bonds is 2. The maximum absolute atomic E-state index is 12.7. The highest BCUT2D eigenvalue weighted by Gasteiger charge is 2.22. The number of hydrogen-bond acceptors (Lipinski definition) is 4. The summed E-state index contributed by atoms with van der Waals surface area (Å²) in [5.74, 6) is 0.0591. The van der Waals surface area contributed by atoms with E-state index in [1.54, 1.807) is 12.1 Å². The molecule has 0 bridgehead atoms. The van der Waals surface area contributed by atoms with E-state index in [1.165, 1.54) is 17.6 Å². The minimum absolute atomic E-state index is 0.0591. The van der Waals surface area contributed by atoms with Crippen molar-refractivity contribution in [3.63, 3.8) is 0 Å². The van der Waals surface area contributed by atoms with Gasteiger partial charge < -0.3 is 14.2 Å². The van der Waals surface area contributed by atoms with Crippen LogP contribution in [0.5, 0.6) is 0 Å². The third-order valence-electron chi connectivity index (χ3n) is 4.51. The quantitative estimate of drug-likeness (QED) is 0.728. The summed E-state index contributed by atoms with van der Waals surface area (Å²) in [4.78, 5) is 21.1. The van der Waals surface area contributed by atoms with Crippen LogP contribution < -0.4 is 4.90 Å². The summed E-state index contributed by atoms with van der Waals surface area (Å²) < 4.78 is 5.23. The van der Waals surface area contributed by atoms with Crippen LogP contribution in [0.15, 0.2) is 53.3 Å². The number of nitrogens with zero attached hydrogens (tertiary/aromatic N) is 3. The van der Waals surface area contributed by atoms with Crippen molar-refractivity contribution in [2.24, 2.45) is 0 Å². The van der Waals surface area contributed by atoms with Crippen molar-refractivity contribution in [1.29, 1.82) is 0 Å². The molecule has 0 N–H and O–H groups in total. The first kappa shape index (κ1) is 14.8. The van der Waals surface area contributed by atoms with E-state index in [-0.39, 0.29) is 5.91 Å². The monoisotopic (exact) mass is 321 g/mol. The number of amides is 1. The van der Waals surface area contributed by atoms with Crippen molar-refractivity contribution >= 4 is 22.7 Å². The lowest BCUT2D eigenvalue weighted by molar-refractivity contribution is 0.0747. The second kappa shape index (κ2) is 6.00. The lowest BCUT2D eigenvalue weighted by atomic mass is 10.1. The van der Waals surface area contributed by atoms with Crippen molar-refractivity contribution in [3.05, 3.63) is 60.0 Å². The van der Waals surface area contributed by atoms with Gasteiger partial charge in [-0.2, -0.15) is 0 Å². The summed E-state index contributed by atoms with van der Waals surface area (Å²) >= 11 is 0. The second-order valence-corrected chi connectivity index (χ2v) is 6.15. The molecule has 1 amide bonds. The van der Waals surface area contributed by atoms with Gasteiger partial charge in [-0.1, -0.05) is 12.1 Å². The summed E-state index contributed by atoms with van der Waals surface area (Å²) in [6, 6.07) is 13.9. The Labute approximate surface area is 140 Å². The number of piperazine rings is 1. The fraction of sp³-hybridized carbons (Fsp3) is 0.263. The van der Waals surface area contributed by atoms with E-state index >= 15 is 0 Å². The van der Waals surface area contributed by atoms with E-state index in [9.17, 15) is 4.79 Å². The van der Waals surface area contributed by atoms with Crippen LogP contribution >= 0.6 is 0 Å². The number of benzene rings is 2. The van der Waals surface area contributed by atoms with Gasteiger partial charge in [0.1, 0.15) is 5.52 Å².